The van der Waals surface area contributed by atoms with E-state index in [0.717, 1.165) is 37.0 Å². The monoisotopic (exact) mass is 318 g/mol. The van der Waals surface area contributed by atoms with Gasteiger partial charge in [0.15, 0.2) is 0 Å². The zero-order valence-corrected chi connectivity index (χ0v) is 14.7. The van der Waals surface area contributed by atoms with Crippen molar-refractivity contribution in [3.8, 4) is 0 Å². The van der Waals surface area contributed by atoms with Crippen LogP contribution in [0.4, 0.5) is 0 Å². The Kier molecular flexibility index (Phi) is 3.95. The first-order chi connectivity index (χ1) is 11.3. The van der Waals surface area contributed by atoms with Gasteiger partial charge in [-0.3, -0.25) is 4.90 Å². The molecule has 23 heavy (non-hydrogen) atoms. The van der Waals surface area contributed by atoms with E-state index in [1.165, 1.54) is 84.1 Å². The van der Waals surface area contributed by atoms with Gasteiger partial charge in [0.2, 0.25) is 0 Å². The molecular formula is C20H34N2O. The Morgan fingerprint density at radius 2 is 1.74 bits per heavy atom. The normalized spacial score (nSPS) is 39.4. The summed E-state index contributed by atoms with van der Waals surface area (Å²) in [5.74, 6) is 2.73. The summed E-state index contributed by atoms with van der Waals surface area (Å²) in [6.45, 7) is 8.88. The molecule has 0 bridgehead atoms. The maximum atomic E-state index is 6.19. The highest BCUT2D eigenvalue weighted by atomic mass is 16.5. The Balaban J connectivity index is 1.22. The van der Waals surface area contributed by atoms with Crippen LogP contribution in [0.15, 0.2) is 0 Å². The third-order valence-corrected chi connectivity index (χ3v) is 7.47. The highest BCUT2D eigenvalue weighted by Gasteiger charge is 2.52. The van der Waals surface area contributed by atoms with Crippen molar-refractivity contribution >= 4 is 0 Å². The maximum absolute atomic E-state index is 6.19. The van der Waals surface area contributed by atoms with Crippen molar-refractivity contribution in [2.24, 2.45) is 23.2 Å². The Hall–Kier alpha value is -0.120. The van der Waals surface area contributed by atoms with Crippen LogP contribution in [0, 0.1) is 23.2 Å². The number of rotatable bonds is 7. The van der Waals surface area contributed by atoms with E-state index >= 15 is 0 Å². The van der Waals surface area contributed by atoms with E-state index in [1.807, 2.05) is 0 Å². The molecule has 2 saturated heterocycles. The summed E-state index contributed by atoms with van der Waals surface area (Å²) in [5, 5.41) is 0. The molecule has 3 aliphatic carbocycles. The van der Waals surface area contributed by atoms with Crippen LogP contribution in [0.5, 0.6) is 0 Å². The molecule has 0 aromatic heterocycles. The summed E-state index contributed by atoms with van der Waals surface area (Å²) in [6.07, 6.45) is 11.6. The van der Waals surface area contributed by atoms with E-state index in [4.69, 9.17) is 4.74 Å². The van der Waals surface area contributed by atoms with Gasteiger partial charge in [0.25, 0.3) is 0 Å². The minimum Gasteiger partial charge on any atom is -0.381 e. The van der Waals surface area contributed by atoms with Crippen molar-refractivity contribution in [3.63, 3.8) is 0 Å². The fraction of sp³-hybridized carbons (Fsp3) is 1.00. The molecule has 0 unspecified atom stereocenters. The van der Waals surface area contributed by atoms with E-state index in [1.54, 1.807) is 0 Å². The van der Waals surface area contributed by atoms with E-state index in [2.05, 4.69) is 9.80 Å². The Morgan fingerprint density at radius 1 is 0.913 bits per heavy atom. The van der Waals surface area contributed by atoms with Crippen LogP contribution < -0.4 is 0 Å². The molecule has 130 valence electrons. The second kappa shape index (κ2) is 6.00. The van der Waals surface area contributed by atoms with Crippen molar-refractivity contribution < 1.29 is 4.74 Å². The molecule has 0 aromatic rings. The van der Waals surface area contributed by atoms with Crippen LogP contribution in [0.1, 0.15) is 51.4 Å². The fourth-order valence-corrected chi connectivity index (χ4v) is 5.29. The van der Waals surface area contributed by atoms with Gasteiger partial charge in [0, 0.05) is 50.2 Å². The molecule has 3 saturated carbocycles. The van der Waals surface area contributed by atoms with Gasteiger partial charge in [-0.15, -0.1) is 0 Å². The molecule has 2 aliphatic heterocycles. The second-order valence-electron chi connectivity index (χ2n) is 9.48. The quantitative estimate of drug-likeness (QED) is 0.718. The number of ether oxygens (including phenoxy) is 1. The van der Waals surface area contributed by atoms with Crippen molar-refractivity contribution in [1.29, 1.82) is 0 Å². The van der Waals surface area contributed by atoms with Crippen LogP contribution in [-0.2, 0) is 4.74 Å². The predicted octanol–water partition coefficient (Wildman–Crippen LogP) is 3.00. The molecule has 5 rings (SSSR count). The third kappa shape index (κ3) is 3.21. The maximum Gasteiger partial charge on any atom is 0.0512 e. The lowest BCUT2D eigenvalue weighted by molar-refractivity contribution is 0.0504. The summed E-state index contributed by atoms with van der Waals surface area (Å²) >= 11 is 0. The molecule has 1 spiro atoms. The molecule has 3 nitrogen and oxygen atoms in total. The summed E-state index contributed by atoms with van der Waals surface area (Å²) < 4.78 is 6.19. The smallest absolute Gasteiger partial charge is 0.0512 e. The van der Waals surface area contributed by atoms with Crippen LogP contribution in [0.2, 0.25) is 0 Å². The molecule has 5 fully saturated rings. The van der Waals surface area contributed by atoms with Crippen LogP contribution in [-0.4, -0.2) is 61.8 Å². The topological polar surface area (TPSA) is 15.7 Å². The SMILES string of the molecule is C1CC(N2CC[C@@]3(CN(CC4CC4)C[C@@H]3COCC3CC3)C2)C1. The van der Waals surface area contributed by atoms with Gasteiger partial charge in [0.1, 0.15) is 0 Å². The first kappa shape index (κ1) is 15.2. The zero-order valence-electron chi connectivity index (χ0n) is 14.7. The molecule has 5 aliphatic rings. The van der Waals surface area contributed by atoms with Crippen molar-refractivity contribution in [1.82, 2.24) is 9.80 Å². The standard InChI is InChI=1S/C20H34N2O/c1-2-19(3-1)22-9-8-20(15-22)14-21(10-16-4-5-16)11-18(20)13-23-12-17-6-7-17/h16-19H,1-15H2/t18-,20-/m1/s1. The first-order valence-electron chi connectivity index (χ1n) is 10.3. The molecule has 0 amide bonds. The van der Waals surface area contributed by atoms with E-state index in [0.29, 0.717) is 5.41 Å². The Morgan fingerprint density at radius 3 is 2.43 bits per heavy atom. The van der Waals surface area contributed by atoms with Gasteiger partial charge in [-0.05, 0) is 63.3 Å². The third-order valence-electron chi connectivity index (χ3n) is 7.47. The molecule has 0 aromatic carbocycles. The largest absolute Gasteiger partial charge is 0.381 e. The van der Waals surface area contributed by atoms with Crippen molar-refractivity contribution in [2.45, 2.75) is 57.4 Å². The van der Waals surface area contributed by atoms with Gasteiger partial charge < -0.3 is 9.64 Å². The average molecular weight is 319 g/mol. The van der Waals surface area contributed by atoms with Gasteiger partial charge in [-0.25, -0.2) is 0 Å². The average Bonchev–Trinajstić information content (AvgIpc) is 3.38. The van der Waals surface area contributed by atoms with Crippen molar-refractivity contribution in [3.05, 3.63) is 0 Å². The van der Waals surface area contributed by atoms with Crippen molar-refractivity contribution in [2.75, 3.05) is 45.9 Å². The number of nitrogens with zero attached hydrogens (tertiary/aromatic N) is 2. The molecule has 2 heterocycles. The van der Waals surface area contributed by atoms with E-state index in [-0.39, 0.29) is 0 Å². The molecular weight excluding hydrogens is 284 g/mol. The number of hydrogen-bond acceptors (Lipinski definition) is 3. The minimum atomic E-state index is 0.564. The lowest BCUT2D eigenvalue weighted by Crippen LogP contribution is -2.42. The van der Waals surface area contributed by atoms with Gasteiger partial charge >= 0.3 is 0 Å². The van der Waals surface area contributed by atoms with E-state index in [9.17, 15) is 0 Å². The summed E-state index contributed by atoms with van der Waals surface area (Å²) in [4.78, 5) is 5.66. The molecule has 3 heteroatoms. The molecule has 0 radical (unpaired) electrons. The van der Waals surface area contributed by atoms with Gasteiger partial charge in [-0.1, -0.05) is 6.42 Å². The summed E-state index contributed by atoms with van der Waals surface area (Å²) in [6, 6.07) is 0.930. The van der Waals surface area contributed by atoms with Gasteiger partial charge in [-0.2, -0.15) is 0 Å². The minimum absolute atomic E-state index is 0.564. The Bertz CT molecular complexity index is 429. The predicted molar refractivity (Wildman–Crippen MR) is 92.5 cm³/mol. The van der Waals surface area contributed by atoms with Crippen LogP contribution >= 0.6 is 0 Å². The first-order valence-corrected chi connectivity index (χ1v) is 10.3. The fourth-order valence-electron chi connectivity index (χ4n) is 5.29. The second-order valence-corrected chi connectivity index (χ2v) is 9.48. The van der Waals surface area contributed by atoms with E-state index < -0.39 is 0 Å². The van der Waals surface area contributed by atoms with Crippen LogP contribution in [0.3, 0.4) is 0 Å². The lowest BCUT2D eigenvalue weighted by atomic mass is 9.77. The summed E-state index contributed by atoms with van der Waals surface area (Å²) in [5.41, 5.74) is 0.564. The molecule has 0 N–H and O–H groups in total. The Labute approximate surface area is 141 Å². The highest BCUT2D eigenvalue weighted by molar-refractivity contribution is 5.04. The van der Waals surface area contributed by atoms with Gasteiger partial charge in [0.05, 0.1) is 6.61 Å². The number of hydrogen-bond donors (Lipinski definition) is 0. The zero-order chi connectivity index (χ0) is 15.3. The lowest BCUT2D eigenvalue weighted by Gasteiger charge is -2.37. The highest BCUT2D eigenvalue weighted by Crippen LogP contribution is 2.47. The summed E-state index contributed by atoms with van der Waals surface area (Å²) in [7, 11) is 0. The van der Waals surface area contributed by atoms with Crippen LogP contribution in [0.25, 0.3) is 0 Å². The number of likely N-dealkylation sites (tertiary alicyclic amines) is 2. The molecule has 2 atom stereocenters.